The number of nitrogens with one attached hydrogen (secondary N) is 1. The first-order valence-electron chi connectivity index (χ1n) is 6.67. The van der Waals surface area contributed by atoms with E-state index in [1.165, 1.54) is 38.4 Å². The van der Waals surface area contributed by atoms with Crippen LogP contribution in [0.1, 0.15) is 31.2 Å². The van der Waals surface area contributed by atoms with Crippen LogP contribution >= 0.6 is 0 Å². The van der Waals surface area contributed by atoms with Crippen molar-refractivity contribution in [1.29, 1.82) is 0 Å². The molecular weight excluding hydrogens is 226 g/mol. The van der Waals surface area contributed by atoms with Crippen molar-refractivity contribution >= 4 is 5.97 Å². The Hall–Kier alpha value is -1.35. The number of methoxy groups -OCH3 is 1. The number of carbonyl (C=O) groups is 1. The summed E-state index contributed by atoms with van der Waals surface area (Å²) in [6.07, 6.45) is 5.56. The van der Waals surface area contributed by atoms with E-state index in [-0.39, 0.29) is 12.0 Å². The van der Waals surface area contributed by atoms with Crippen LogP contribution in [-0.2, 0) is 16.0 Å². The Morgan fingerprint density at radius 1 is 1.33 bits per heavy atom. The van der Waals surface area contributed by atoms with Crippen molar-refractivity contribution in [3.05, 3.63) is 35.9 Å². The molecule has 1 N–H and O–H groups in total. The molecule has 1 aliphatic carbocycles. The summed E-state index contributed by atoms with van der Waals surface area (Å²) in [6.45, 7) is 0. The minimum Gasteiger partial charge on any atom is -0.468 e. The van der Waals surface area contributed by atoms with Gasteiger partial charge in [0, 0.05) is 6.04 Å². The van der Waals surface area contributed by atoms with E-state index in [1.54, 1.807) is 0 Å². The molecule has 3 heteroatoms. The first-order valence-corrected chi connectivity index (χ1v) is 6.67. The van der Waals surface area contributed by atoms with E-state index < -0.39 is 0 Å². The van der Waals surface area contributed by atoms with Crippen LogP contribution in [0.5, 0.6) is 0 Å². The van der Waals surface area contributed by atoms with Gasteiger partial charge in [0.15, 0.2) is 0 Å². The third-order valence-electron chi connectivity index (χ3n) is 3.56. The van der Waals surface area contributed by atoms with Gasteiger partial charge in [0.1, 0.15) is 6.04 Å². The summed E-state index contributed by atoms with van der Waals surface area (Å²) in [5.41, 5.74) is 1.17. The molecule has 0 aromatic heterocycles. The lowest BCUT2D eigenvalue weighted by Crippen LogP contribution is -2.44. The van der Waals surface area contributed by atoms with Crippen LogP contribution in [0.2, 0.25) is 0 Å². The average molecular weight is 247 g/mol. The number of hydrogen-bond acceptors (Lipinski definition) is 3. The largest absolute Gasteiger partial charge is 0.468 e. The van der Waals surface area contributed by atoms with Crippen LogP contribution in [-0.4, -0.2) is 25.2 Å². The maximum atomic E-state index is 11.8. The molecule has 0 unspecified atom stereocenters. The Kier molecular flexibility index (Phi) is 4.76. The third kappa shape index (κ3) is 3.57. The fourth-order valence-corrected chi connectivity index (χ4v) is 2.58. The third-order valence-corrected chi connectivity index (χ3v) is 3.56. The lowest BCUT2D eigenvalue weighted by molar-refractivity contribution is -0.143. The van der Waals surface area contributed by atoms with E-state index in [1.807, 2.05) is 30.3 Å². The van der Waals surface area contributed by atoms with Crippen LogP contribution in [0, 0.1) is 0 Å². The van der Waals surface area contributed by atoms with Gasteiger partial charge in [0.2, 0.25) is 0 Å². The highest BCUT2D eigenvalue weighted by Gasteiger charge is 2.24. The molecule has 0 amide bonds. The lowest BCUT2D eigenvalue weighted by Gasteiger charge is -2.21. The smallest absolute Gasteiger partial charge is 0.323 e. The minimum absolute atomic E-state index is 0.161. The number of benzene rings is 1. The maximum absolute atomic E-state index is 11.8. The van der Waals surface area contributed by atoms with Crippen molar-refractivity contribution in [2.24, 2.45) is 0 Å². The van der Waals surface area contributed by atoms with Crippen molar-refractivity contribution in [1.82, 2.24) is 5.32 Å². The van der Waals surface area contributed by atoms with Crippen LogP contribution < -0.4 is 5.32 Å². The molecule has 0 radical (unpaired) electrons. The number of ether oxygens (including phenoxy) is 1. The van der Waals surface area contributed by atoms with E-state index in [9.17, 15) is 4.79 Å². The van der Waals surface area contributed by atoms with Crippen molar-refractivity contribution in [2.45, 2.75) is 44.2 Å². The highest BCUT2D eigenvalue weighted by Crippen LogP contribution is 2.19. The minimum atomic E-state index is -0.222. The van der Waals surface area contributed by atoms with Gasteiger partial charge < -0.3 is 10.1 Å². The van der Waals surface area contributed by atoms with Gasteiger partial charge in [0.05, 0.1) is 7.11 Å². The molecule has 98 valence electrons. The van der Waals surface area contributed by atoms with E-state index in [2.05, 4.69) is 5.32 Å². The van der Waals surface area contributed by atoms with Gasteiger partial charge >= 0.3 is 5.97 Å². The summed E-state index contributed by atoms with van der Waals surface area (Å²) in [5, 5.41) is 3.44. The number of hydrogen-bond donors (Lipinski definition) is 1. The van der Waals surface area contributed by atoms with Crippen LogP contribution in [0.15, 0.2) is 30.3 Å². The van der Waals surface area contributed by atoms with Gasteiger partial charge in [-0.15, -0.1) is 0 Å². The van der Waals surface area contributed by atoms with Crippen molar-refractivity contribution < 1.29 is 9.53 Å². The van der Waals surface area contributed by atoms with Crippen molar-refractivity contribution in [3.63, 3.8) is 0 Å². The number of esters is 1. The number of rotatable bonds is 5. The monoisotopic (exact) mass is 247 g/mol. The molecule has 1 fully saturated rings. The molecule has 0 heterocycles. The Morgan fingerprint density at radius 2 is 2.00 bits per heavy atom. The molecule has 0 aliphatic heterocycles. The van der Waals surface area contributed by atoms with E-state index >= 15 is 0 Å². The topological polar surface area (TPSA) is 38.3 Å². The molecule has 1 aromatic rings. The SMILES string of the molecule is COC(=O)[C@H](Cc1ccccc1)NC1CCCC1. The second kappa shape index (κ2) is 6.55. The van der Waals surface area contributed by atoms with Gasteiger partial charge in [0.25, 0.3) is 0 Å². The second-order valence-corrected chi connectivity index (χ2v) is 4.91. The number of carbonyl (C=O) groups excluding carboxylic acids is 1. The summed E-state index contributed by atoms with van der Waals surface area (Å²) in [4.78, 5) is 11.8. The van der Waals surface area contributed by atoms with Crippen LogP contribution in [0.25, 0.3) is 0 Å². The molecule has 0 saturated heterocycles. The average Bonchev–Trinajstić information content (AvgIpc) is 2.91. The second-order valence-electron chi connectivity index (χ2n) is 4.91. The summed E-state index contributed by atoms with van der Waals surface area (Å²) in [7, 11) is 1.46. The molecule has 0 spiro atoms. The standard InChI is InChI=1S/C15H21NO2/c1-18-15(17)14(16-13-9-5-6-10-13)11-12-7-3-2-4-8-12/h2-4,7-8,13-14,16H,5-6,9-11H2,1H3/t14-/m0/s1. The predicted octanol–water partition coefficient (Wildman–Crippen LogP) is 2.30. The van der Waals surface area contributed by atoms with Gasteiger partial charge in [-0.25, -0.2) is 0 Å². The molecule has 1 aromatic carbocycles. The zero-order valence-electron chi connectivity index (χ0n) is 10.9. The zero-order chi connectivity index (χ0) is 12.8. The summed E-state index contributed by atoms with van der Waals surface area (Å²) in [5.74, 6) is -0.161. The van der Waals surface area contributed by atoms with Gasteiger partial charge in [-0.1, -0.05) is 43.2 Å². The Bertz CT molecular complexity index is 371. The van der Waals surface area contributed by atoms with E-state index in [4.69, 9.17) is 4.74 Å². The summed E-state index contributed by atoms with van der Waals surface area (Å²) < 4.78 is 4.89. The van der Waals surface area contributed by atoms with Gasteiger partial charge in [-0.3, -0.25) is 4.79 Å². The maximum Gasteiger partial charge on any atom is 0.323 e. The zero-order valence-corrected chi connectivity index (χ0v) is 10.9. The van der Waals surface area contributed by atoms with Gasteiger partial charge in [-0.05, 0) is 24.8 Å². The fourth-order valence-electron chi connectivity index (χ4n) is 2.58. The summed E-state index contributed by atoms with van der Waals surface area (Å²) in [6, 6.07) is 10.3. The quantitative estimate of drug-likeness (QED) is 0.811. The van der Waals surface area contributed by atoms with Crippen molar-refractivity contribution in [3.8, 4) is 0 Å². The van der Waals surface area contributed by atoms with Gasteiger partial charge in [-0.2, -0.15) is 0 Å². The van der Waals surface area contributed by atoms with E-state index in [0.29, 0.717) is 12.5 Å². The molecule has 2 rings (SSSR count). The normalized spacial score (nSPS) is 17.6. The Balaban J connectivity index is 1.98. The summed E-state index contributed by atoms with van der Waals surface area (Å²) >= 11 is 0. The van der Waals surface area contributed by atoms with E-state index in [0.717, 1.165) is 0 Å². The Labute approximate surface area is 109 Å². The first kappa shape index (κ1) is 13.1. The molecular formula is C15H21NO2. The van der Waals surface area contributed by atoms with Crippen LogP contribution in [0.3, 0.4) is 0 Å². The molecule has 1 saturated carbocycles. The molecule has 1 atom stereocenters. The van der Waals surface area contributed by atoms with Crippen molar-refractivity contribution in [2.75, 3.05) is 7.11 Å². The molecule has 18 heavy (non-hydrogen) atoms. The fraction of sp³-hybridized carbons (Fsp3) is 0.533. The molecule has 3 nitrogen and oxygen atoms in total. The lowest BCUT2D eigenvalue weighted by atomic mass is 10.0. The highest BCUT2D eigenvalue weighted by atomic mass is 16.5. The first-order chi connectivity index (χ1) is 8.79. The molecule has 1 aliphatic rings. The Morgan fingerprint density at radius 3 is 2.61 bits per heavy atom. The van der Waals surface area contributed by atoms with Crippen LogP contribution in [0.4, 0.5) is 0 Å². The highest BCUT2D eigenvalue weighted by molar-refractivity contribution is 5.76. The predicted molar refractivity (Wildman–Crippen MR) is 71.3 cm³/mol. The molecule has 0 bridgehead atoms.